The molecule has 2 rings (SSSR count). The predicted molar refractivity (Wildman–Crippen MR) is 116 cm³/mol. The summed E-state index contributed by atoms with van der Waals surface area (Å²) >= 11 is 0. The number of carbonyl (C=O) groups is 1. The van der Waals surface area contributed by atoms with E-state index in [9.17, 15) is 4.79 Å². The van der Waals surface area contributed by atoms with Gasteiger partial charge in [-0.3, -0.25) is 9.79 Å². The molecule has 0 heterocycles. The highest BCUT2D eigenvalue weighted by Gasteiger charge is 2.07. The maximum atomic E-state index is 12.1. The molecule has 1 unspecified atom stereocenters. The van der Waals surface area contributed by atoms with Gasteiger partial charge < -0.3 is 25.4 Å². The van der Waals surface area contributed by atoms with Crippen LogP contribution < -0.4 is 25.4 Å². The maximum absolute atomic E-state index is 12.1. The fraction of sp³-hybridized carbons (Fsp3) is 0.364. The summed E-state index contributed by atoms with van der Waals surface area (Å²) in [5.41, 5.74) is 1.76. The number of hydrogen-bond donors (Lipinski definition) is 3. The zero-order valence-corrected chi connectivity index (χ0v) is 17.5. The number of guanidine groups is 1. The molecule has 29 heavy (non-hydrogen) atoms. The number of hydrogen-bond acceptors (Lipinski definition) is 4. The van der Waals surface area contributed by atoms with E-state index in [1.807, 2.05) is 38.1 Å². The summed E-state index contributed by atoms with van der Waals surface area (Å²) in [6, 6.07) is 15.0. The van der Waals surface area contributed by atoms with Crippen molar-refractivity contribution >= 4 is 11.9 Å². The summed E-state index contributed by atoms with van der Waals surface area (Å²) in [4.78, 5) is 16.3. The minimum Gasteiger partial charge on any atom is -0.497 e. The summed E-state index contributed by atoms with van der Waals surface area (Å²) in [5, 5.41) is 9.26. The molecular formula is C22H30N4O3. The summed E-state index contributed by atoms with van der Waals surface area (Å²) in [6.45, 7) is 5.66. The number of rotatable bonds is 9. The number of nitrogens with zero attached hydrogens (tertiary/aromatic N) is 1. The van der Waals surface area contributed by atoms with E-state index < -0.39 is 0 Å². The van der Waals surface area contributed by atoms with E-state index in [1.165, 1.54) is 0 Å². The van der Waals surface area contributed by atoms with E-state index >= 15 is 0 Å². The van der Waals surface area contributed by atoms with Crippen molar-refractivity contribution in [3.05, 3.63) is 59.7 Å². The molecule has 0 saturated heterocycles. The number of ether oxygens (including phenoxy) is 2. The molecule has 1 amide bonds. The predicted octanol–water partition coefficient (Wildman–Crippen LogP) is 2.37. The molecule has 7 nitrogen and oxygen atoms in total. The van der Waals surface area contributed by atoms with Gasteiger partial charge in [0.25, 0.3) is 5.91 Å². The van der Waals surface area contributed by atoms with Gasteiger partial charge in [0.05, 0.1) is 13.7 Å². The maximum Gasteiger partial charge on any atom is 0.251 e. The molecule has 2 aromatic carbocycles. The number of carbonyl (C=O) groups excluding carboxylic acids is 1. The number of nitrogens with one attached hydrogen (secondary N) is 3. The van der Waals surface area contributed by atoms with Crippen LogP contribution in [0.15, 0.2) is 53.5 Å². The fourth-order valence-electron chi connectivity index (χ4n) is 2.63. The van der Waals surface area contributed by atoms with E-state index in [0.29, 0.717) is 31.2 Å². The molecule has 0 aliphatic carbocycles. The molecule has 1 atom stereocenters. The Morgan fingerprint density at radius 3 is 2.41 bits per heavy atom. The van der Waals surface area contributed by atoms with Crippen molar-refractivity contribution in [1.82, 2.24) is 16.0 Å². The van der Waals surface area contributed by atoms with Crippen LogP contribution in [0.25, 0.3) is 0 Å². The van der Waals surface area contributed by atoms with Gasteiger partial charge in [-0.05, 0) is 55.8 Å². The molecule has 0 bridgehead atoms. The Morgan fingerprint density at radius 2 is 1.76 bits per heavy atom. The second-order valence-electron chi connectivity index (χ2n) is 6.61. The lowest BCUT2D eigenvalue weighted by Gasteiger charge is -2.18. The molecule has 2 aromatic rings. The van der Waals surface area contributed by atoms with E-state index in [0.717, 1.165) is 17.1 Å². The van der Waals surface area contributed by atoms with Crippen molar-refractivity contribution in [1.29, 1.82) is 0 Å². The molecule has 7 heteroatoms. The number of aryl methyl sites for hydroxylation is 1. The van der Waals surface area contributed by atoms with E-state index in [2.05, 4.69) is 20.9 Å². The first-order valence-electron chi connectivity index (χ1n) is 9.62. The molecule has 156 valence electrons. The van der Waals surface area contributed by atoms with Crippen molar-refractivity contribution in [2.75, 3.05) is 33.8 Å². The first-order chi connectivity index (χ1) is 14.0. The molecule has 0 radical (unpaired) electrons. The normalized spacial score (nSPS) is 12.1. The van der Waals surface area contributed by atoms with Gasteiger partial charge in [-0.15, -0.1) is 0 Å². The number of aliphatic imine (C=N–C) groups is 1. The first kappa shape index (κ1) is 22.1. The Labute approximate surface area is 172 Å². The minimum atomic E-state index is -0.127. The van der Waals surface area contributed by atoms with Crippen molar-refractivity contribution in [3.8, 4) is 11.5 Å². The monoisotopic (exact) mass is 398 g/mol. The molecule has 0 aromatic heterocycles. The fourth-order valence-corrected chi connectivity index (χ4v) is 2.63. The molecule has 0 fully saturated rings. The smallest absolute Gasteiger partial charge is 0.251 e. The van der Waals surface area contributed by atoms with Crippen LogP contribution in [0.1, 0.15) is 22.8 Å². The molecule has 0 aliphatic heterocycles. The molecule has 0 saturated carbocycles. The van der Waals surface area contributed by atoms with Crippen LogP contribution in [-0.4, -0.2) is 51.8 Å². The Morgan fingerprint density at radius 1 is 1.03 bits per heavy atom. The highest BCUT2D eigenvalue weighted by Crippen LogP contribution is 2.14. The summed E-state index contributed by atoms with van der Waals surface area (Å²) in [6.07, 6.45) is -0.0230. The first-order valence-corrected chi connectivity index (χ1v) is 9.62. The lowest BCUT2D eigenvalue weighted by atomic mass is 10.2. The SMILES string of the molecule is CN=C(NCCNC(=O)c1ccc(OC)cc1)NCC(C)Oc1cccc(C)c1. The van der Waals surface area contributed by atoms with Crippen LogP contribution in [0, 0.1) is 6.92 Å². The zero-order chi connectivity index (χ0) is 21.1. The Bertz CT molecular complexity index is 806. The highest BCUT2D eigenvalue weighted by molar-refractivity contribution is 5.94. The Kier molecular flexibility index (Phi) is 8.82. The van der Waals surface area contributed by atoms with Crippen LogP contribution in [-0.2, 0) is 0 Å². The van der Waals surface area contributed by atoms with E-state index in [1.54, 1.807) is 38.4 Å². The average Bonchev–Trinajstić information content (AvgIpc) is 2.73. The lowest BCUT2D eigenvalue weighted by Crippen LogP contribution is -2.44. The van der Waals surface area contributed by atoms with Crippen LogP contribution in [0.4, 0.5) is 0 Å². The third-order valence-electron chi connectivity index (χ3n) is 4.16. The van der Waals surface area contributed by atoms with Gasteiger partial charge in [-0.25, -0.2) is 0 Å². The third kappa shape index (κ3) is 7.73. The van der Waals surface area contributed by atoms with Gasteiger partial charge in [0.15, 0.2) is 5.96 Å². The van der Waals surface area contributed by atoms with Crippen LogP contribution >= 0.6 is 0 Å². The van der Waals surface area contributed by atoms with Gasteiger partial charge >= 0.3 is 0 Å². The van der Waals surface area contributed by atoms with Crippen molar-refractivity contribution in [3.63, 3.8) is 0 Å². The van der Waals surface area contributed by atoms with Crippen LogP contribution in [0.3, 0.4) is 0 Å². The Balaban J connectivity index is 1.67. The van der Waals surface area contributed by atoms with E-state index in [4.69, 9.17) is 9.47 Å². The lowest BCUT2D eigenvalue weighted by molar-refractivity contribution is 0.0954. The topological polar surface area (TPSA) is 84.0 Å². The molecular weight excluding hydrogens is 368 g/mol. The number of methoxy groups -OCH3 is 1. The summed E-state index contributed by atoms with van der Waals surface area (Å²) in [5.74, 6) is 2.10. The van der Waals surface area contributed by atoms with Gasteiger partial charge in [-0.2, -0.15) is 0 Å². The Hall–Kier alpha value is -3.22. The number of benzene rings is 2. The van der Waals surface area contributed by atoms with E-state index in [-0.39, 0.29) is 12.0 Å². The zero-order valence-electron chi connectivity index (χ0n) is 17.5. The summed E-state index contributed by atoms with van der Waals surface area (Å²) < 4.78 is 11.0. The standard InChI is InChI=1S/C22H30N4O3/c1-16-6-5-7-20(14-16)29-17(2)15-26-22(23-3)25-13-12-24-21(27)18-8-10-19(28-4)11-9-18/h5-11,14,17H,12-13,15H2,1-4H3,(H,24,27)(H2,23,25,26). The third-order valence-corrected chi connectivity index (χ3v) is 4.16. The minimum absolute atomic E-state index is 0.0230. The second-order valence-corrected chi connectivity index (χ2v) is 6.61. The van der Waals surface area contributed by atoms with Crippen LogP contribution in [0.2, 0.25) is 0 Å². The van der Waals surface area contributed by atoms with Crippen molar-refractivity contribution in [2.45, 2.75) is 20.0 Å². The summed E-state index contributed by atoms with van der Waals surface area (Å²) in [7, 11) is 3.30. The highest BCUT2D eigenvalue weighted by atomic mass is 16.5. The average molecular weight is 399 g/mol. The molecule has 0 spiro atoms. The van der Waals surface area contributed by atoms with Crippen molar-refractivity contribution in [2.24, 2.45) is 4.99 Å². The second kappa shape index (κ2) is 11.6. The van der Waals surface area contributed by atoms with Gasteiger partial charge in [-0.1, -0.05) is 12.1 Å². The largest absolute Gasteiger partial charge is 0.497 e. The van der Waals surface area contributed by atoms with Gasteiger partial charge in [0.2, 0.25) is 0 Å². The quantitative estimate of drug-likeness (QED) is 0.343. The van der Waals surface area contributed by atoms with Gasteiger partial charge in [0, 0.05) is 25.7 Å². The molecule has 0 aliphatic rings. The molecule has 3 N–H and O–H groups in total. The van der Waals surface area contributed by atoms with Crippen LogP contribution in [0.5, 0.6) is 11.5 Å². The van der Waals surface area contributed by atoms with Crippen molar-refractivity contribution < 1.29 is 14.3 Å². The number of amides is 1. The van der Waals surface area contributed by atoms with Gasteiger partial charge in [0.1, 0.15) is 17.6 Å².